The fourth-order valence-electron chi connectivity index (χ4n) is 0.199. The molecule has 2 nitrogen and oxygen atoms in total. The quantitative estimate of drug-likeness (QED) is 0.546. The number of rotatable bonds is 2. The van der Waals surface area contributed by atoms with Gasteiger partial charge in [-0.15, -0.1) is 0 Å². The molecule has 0 aromatic heterocycles. The number of hydrogen-bond acceptors (Lipinski definition) is 2. The van der Waals surface area contributed by atoms with Crippen molar-refractivity contribution in [2.75, 3.05) is 6.61 Å². The molecule has 0 saturated carbocycles. The van der Waals surface area contributed by atoms with Crippen molar-refractivity contribution in [2.45, 2.75) is 6.92 Å². The highest BCUT2D eigenvalue weighted by Gasteiger charge is 1.90. The van der Waals surface area contributed by atoms with Gasteiger partial charge in [-0.25, -0.2) is 0 Å². The van der Waals surface area contributed by atoms with Crippen molar-refractivity contribution in [3.8, 4) is 0 Å². The lowest BCUT2D eigenvalue weighted by atomic mass is 10.3. The number of aliphatic hydroxyl groups excluding tert-OH is 1. The van der Waals surface area contributed by atoms with Crippen LogP contribution in [-0.4, -0.2) is 17.9 Å². The van der Waals surface area contributed by atoms with E-state index in [0.29, 0.717) is 10.6 Å². The first-order chi connectivity index (χ1) is 3.72. The summed E-state index contributed by atoms with van der Waals surface area (Å²) in [5.74, 6) is 0. The molecule has 0 aliphatic rings. The molecule has 0 saturated heterocycles. The summed E-state index contributed by atoms with van der Waals surface area (Å²) in [6.07, 6.45) is 1.01. The Morgan fingerprint density at radius 3 is 2.50 bits per heavy atom. The van der Waals surface area contributed by atoms with Crippen LogP contribution in [0.4, 0.5) is 0 Å². The summed E-state index contributed by atoms with van der Waals surface area (Å²) in [4.78, 5) is 0. The summed E-state index contributed by atoms with van der Waals surface area (Å²) in [6.45, 7) is 1.60. The van der Waals surface area contributed by atoms with Crippen LogP contribution in [0.5, 0.6) is 0 Å². The molecular weight excluding hydrogens is 126 g/mol. The monoisotopic (exact) mass is 133 g/mol. The Hall–Kier alpha value is -0.340. The summed E-state index contributed by atoms with van der Waals surface area (Å²) in [7, 11) is 0. The molecule has 0 fully saturated rings. The SMILES string of the molecule is C/C(CO)=C(/Cl)C=N. The standard InChI is InChI=1S/C5H8ClNO/c1-4(3-8)5(6)2-7/h2,7-8H,3H2,1H3/b5-4-,7-2?. The van der Waals surface area contributed by atoms with E-state index in [1.54, 1.807) is 6.92 Å². The van der Waals surface area contributed by atoms with Crippen molar-refractivity contribution in [3.63, 3.8) is 0 Å². The summed E-state index contributed by atoms with van der Waals surface area (Å²) in [5.41, 5.74) is 0.627. The van der Waals surface area contributed by atoms with Crippen LogP contribution in [0.25, 0.3) is 0 Å². The first-order valence-electron chi connectivity index (χ1n) is 2.19. The van der Waals surface area contributed by atoms with Gasteiger partial charge < -0.3 is 10.5 Å². The first kappa shape index (κ1) is 7.66. The zero-order chi connectivity index (χ0) is 6.57. The van der Waals surface area contributed by atoms with Crippen LogP contribution in [0.1, 0.15) is 6.92 Å². The Morgan fingerprint density at radius 1 is 1.88 bits per heavy atom. The third-order valence-corrected chi connectivity index (χ3v) is 1.20. The van der Waals surface area contributed by atoms with Crippen LogP contribution in [0.3, 0.4) is 0 Å². The molecule has 0 heterocycles. The summed E-state index contributed by atoms with van der Waals surface area (Å²) >= 11 is 5.39. The zero-order valence-electron chi connectivity index (χ0n) is 4.61. The van der Waals surface area contributed by atoms with E-state index in [0.717, 1.165) is 6.21 Å². The molecular formula is C5H8ClNO. The molecule has 0 aromatic rings. The van der Waals surface area contributed by atoms with E-state index in [-0.39, 0.29) is 6.61 Å². The van der Waals surface area contributed by atoms with Crippen LogP contribution in [0, 0.1) is 5.41 Å². The zero-order valence-corrected chi connectivity index (χ0v) is 5.37. The van der Waals surface area contributed by atoms with Crippen molar-refractivity contribution >= 4 is 17.8 Å². The van der Waals surface area contributed by atoms with Gasteiger partial charge in [0, 0.05) is 6.21 Å². The Bertz CT molecular complexity index is 120. The molecule has 8 heavy (non-hydrogen) atoms. The van der Waals surface area contributed by atoms with E-state index >= 15 is 0 Å². The maximum absolute atomic E-state index is 8.39. The lowest BCUT2D eigenvalue weighted by Crippen LogP contribution is -1.87. The molecule has 2 N–H and O–H groups in total. The van der Waals surface area contributed by atoms with Gasteiger partial charge in [0.15, 0.2) is 0 Å². The van der Waals surface area contributed by atoms with Crippen LogP contribution < -0.4 is 0 Å². The number of halogens is 1. The first-order valence-corrected chi connectivity index (χ1v) is 2.56. The minimum absolute atomic E-state index is 0.0752. The lowest BCUT2D eigenvalue weighted by molar-refractivity contribution is 0.331. The molecule has 0 aromatic carbocycles. The number of hydrogen-bond donors (Lipinski definition) is 2. The van der Waals surface area contributed by atoms with Gasteiger partial charge >= 0.3 is 0 Å². The highest BCUT2D eigenvalue weighted by Crippen LogP contribution is 2.03. The average Bonchev–Trinajstić information content (AvgIpc) is 1.84. The molecule has 0 radical (unpaired) electrons. The fourth-order valence-corrected chi connectivity index (χ4v) is 0.258. The Balaban J connectivity index is 4.03. The van der Waals surface area contributed by atoms with E-state index in [1.807, 2.05) is 0 Å². The van der Waals surface area contributed by atoms with Gasteiger partial charge in [0.25, 0.3) is 0 Å². The number of allylic oxidation sites excluding steroid dienone is 1. The second-order valence-electron chi connectivity index (χ2n) is 1.43. The van der Waals surface area contributed by atoms with E-state index in [1.165, 1.54) is 0 Å². The van der Waals surface area contributed by atoms with E-state index in [4.69, 9.17) is 22.1 Å². The highest BCUT2D eigenvalue weighted by atomic mass is 35.5. The van der Waals surface area contributed by atoms with Crippen molar-refractivity contribution < 1.29 is 5.11 Å². The Morgan fingerprint density at radius 2 is 2.38 bits per heavy atom. The van der Waals surface area contributed by atoms with Gasteiger partial charge in [0.05, 0.1) is 11.6 Å². The molecule has 0 amide bonds. The maximum atomic E-state index is 8.39. The second kappa shape index (κ2) is 3.64. The highest BCUT2D eigenvalue weighted by molar-refractivity contribution is 6.39. The predicted octanol–water partition coefficient (Wildman–Crippen LogP) is 1.14. The molecule has 0 unspecified atom stereocenters. The fraction of sp³-hybridized carbons (Fsp3) is 0.400. The van der Waals surface area contributed by atoms with Crippen LogP contribution >= 0.6 is 11.6 Å². The third-order valence-electron chi connectivity index (χ3n) is 0.772. The van der Waals surface area contributed by atoms with Gasteiger partial charge in [-0.3, -0.25) is 0 Å². The van der Waals surface area contributed by atoms with Crippen LogP contribution in [0.2, 0.25) is 0 Å². The average molecular weight is 134 g/mol. The Kier molecular flexibility index (Phi) is 3.48. The van der Waals surface area contributed by atoms with Gasteiger partial charge in [0.2, 0.25) is 0 Å². The predicted molar refractivity (Wildman–Crippen MR) is 34.4 cm³/mol. The summed E-state index contributed by atoms with van der Waals surface area (Å²) in [5, 5.41) is 15.3. The molecule has 46 valence electrons. The van der Waals surface area contributed by atoms with Gasteiger partial charge in [0.1, 0.15) is 0 Å². The van der Waals surface area contributed by atoms with E-state index < -0.39 is 0 Å². The third kappa shape index (κ3) is 2.09. The van der Waals surface area contributed by atoms with Crippen LogP contribution in [0.15, 0.2) is 10.6 Å². The summed E-state index contributed by atoms with van der Waals surface area (Å²) in [6, 6.07) is 0. The van der Waals surface area contributed by atoms with Gasteiger partial charge in [-0.2, -0.15) is 0 Å². The normalized spacial score (nSPS) is 12.9. The van der Waals surface area contributed by atoms with Crippen molar-refractivity contribution in [1.29, 1.82) is 5.41 Å². The lowest BCUT2D eigenvalue weighted by Gasteiger charge is -1.92. The minimum atomic E-state index is -0.0752. The largest absolute Gasteiger partial charge is 0.392 e. The second-order valence-corrected chi connectivity index (χ2v) is 1.84. The van der Waals surface area contributed by atoms with Crippen molar-refractivity contribution in [2.24, 2.45) is 0 Å². The van der Waals surface area contributed by atoms with E-state index in [9.17, 15) is 0 Å². The Labute approximate surface area is 53.3 Å². The molecule has 0 spiro atoms. The maximum Gasteiger partial charge on any atom is 0.0656 e. The van der Waals surface area contributed by atoms with Crippen molar-refractivity contribution in [1.82, 2.24) is 0 Å². The minimum Gasteiger partial charge on any atom is -0.392 e. The molecule has 0 aliphatic heterocycles. The number of aliphatic hydroxyl groups is 1. The summed E-state index contributed by atoms with van der Waals surface area (Å²) < 4.78 is 0. The van der Waals surface area contributed by atoms with Gasteiger partial charge in [-0.1, -0.05) is 11.6 Å². The molecule has 0 bridgehead atoms. The van der Waals surface area contributed by atoms with Crippen molar-refractivity contribution in [3.05, 3.63) is 10.6 Å². The smallest absolute Gasteiger partial charge is 0.0656 e. The molecule has 0 rings (SSSR count). The molecule has 0 aliphatic carbocycles. The van der Waals surface area contributed by atoms with Crippen LogP contribution in [-0.2, 0) is 0 Å². The topological polar surface area (TPSA) is 44.1 Å². The van der Waals surface area contributed by atoms with Gasteiger partial charge in [-0.05, 0) is 12.5 Å². The van der Waals surface area contributed by atoms with E-state index in [2.05, 4.69) is 0 Å². The molecule has 3 heteroatoms. The number of nitrogens with one attached hydrogen (secondary N) is 1. The molecule has 0 atom stereocenters.